The number of hydrogen-bond acceptors (Lipinski definition) is 2. The van der Waals surface area contributed by atoms with Crippen molar-refractivity contribution in [2.24, 2.45) is 0 Å². The average Bonchev–Trinajstić information content (AvgIpc) is 3.38. The van der Waals surface area contributed by atoms with Crippen molar-refractivity contribution < 1.29 is 14.0 Å². The second kappa shape index (κ2) is 13.2. The molecule has 0 radical (unpaired) electrons. The summed E-state index contributed by atoms with van der Waals surface area (Å²) in [7, 11) is 0. The Hall–Kier alpha value is -2.93. The molecule has 3 aromatic rings. The molecule has 1 aromatic heterocycles. The van der Waals surface area contributed by atoms with Gasteiger partial charge in [0.2, 0.25) is 5.91 Å². The Balaban J connectivity index is 1.56. The van der Waals surface area contributed by atoms with Crippen molar-refractivity contribution in [3.63, 3.8) is 0 Å². The van der Waals surface area contributed by atoms with E-state index in [0.717, 1.165) is 48.8 Å². The zero-order chi connectivity index (χ0) is 27.1. The van der Waals surface area contributed by atoms with Crippen LogP contribution in [0.25, 0.3) is 0 Å². The second-order valence-corrected chi connectivity index (χ2v) is 11.2. The molecule has 1 aliphatic carbocycles. The van der Waals surface area contributed by atoms with Gasteiger partial charge in [-0.25, -0.2) is 4.39 Å². The molecule has 1 fully saturated rings. The van der Waals surface area contributed by atoms with Crippen LogP contribution in [0.3, 0.4) is 0 Å². The van der Waals surface area contributed by atoms with Crippen molar-refractivity contribution in [2.45, 2.75) is 77.5 Å². The first-order valence-corrected chi connectivity index (χ1v) is 14.4. The highest BCUT2D eigenvalue weighted by Crippen LogP contribution is 2.26. The number of carbonyl (C=O) groups excluding carboxylic acids is 2. The maximum absolute atomic E-state index is 14.0. The van der Waals surface area contributed by atoms with Gasteiger partial charge >= 0.3 is 0 Å². The van der Waals surface area contributed by atoms with Gasteiger partial charge < -0.3 is 14.4 Å². The zero-order valence-corrected chi connectivity index (χ0v) is 23.9. The Morgan fingerprint density at radius 1 is 1.03 bits per heavy atom. The van der Waals surface area contributed by atoms with Crippen molar-refractivity contribution in [1.29, 1.82) is 0 Å². The van der Waals surface area contributed by atoms with Gasteiger partial charge in [-0.15, -0.1) is 0 Å². The highest BCUT2D eigenvalue weighted by Gasteiger charge is 2.30. The predicted octanol–water partition coefficient (Wildman–Crippen LogP) is 7.04. The maximum Gasteiger partial charge on any atom is 0.254 e. The fourth-order valence-corrected chi connectivity index (χ4v) is 5.43. The van der Waals surface area contributed by atoms with Gasteiger partial charge in [0.15, 0.2) is 0 Å². The lowest BCUT2D eigenvalue weighted by Crippen LogP contribution is -2.49. The molecule has 0 unspecified atom stereocenters. The molecule has 0 bridgehead atoms. The predicted molar refractivity (Wildman–Crippen MR) is 152 cm³/mol. The normalized spacial score (nSPS) is 14.7. The molecule has 0 N–H and O–H groups in total. The third-order valence-corrected chi connectivity index (χ3v) is 8.17. The average molecular weight is 583 g/mol. The molecule has 2 aromatic carbocycles. The van der Waals surface area contributed by atoms with E-state index in [9.17, 15) is 14.0 Å². The molecule has 202 valence electrons. The quantitative estimate of drug-likeness (QED) is 0.258. The van der Waals surface area contributed by atoms with Crippen molar-refractivity contribution in [1.82, 2.24) is 14.4 Å². The first-order chi connectivity index (χ1) is 18.4. The van der Waals surface area contributed by atoms with Gasteiger partial charge in [-0.05, 0) is 80.3 Å². The summed E-state index contributed by atoms with van der Waals surface area (Å²) in [5, 5.41) is 0. The topological polar surface area (TPSA) is 45.6 Å². The monoisotopic (exact) mass is 581 g/mol. The van der Waals surface area contributed by atoms with Crippen molar-refractivity contribution in [3.05, 3.63) is 94.0 Å². The summed E-state index contributed by atoms with van der Waals surface area (Å²) < 4.78 is 16.7. The number of hydrogen-bond donors (Lipinski definition) is 0. The molecule has 38 heavy (non-hydrogen) atoms. The fraction of sp³-hybridized carbons (Fsp3) is 0.419. The van der Waals surface area contributed by atoms with Gasteiger partial charge in [0.1, 0.15) is 12.4 Å². The molecular formula is C31H37BrFN3O2. The molecule has 1 aliphatic rings. The summed E-state index contributed by atoms with van der Waals surface area (Å²) in [6, 6.07) is 18.0. The van der Waals surface area contributed by atoms with E-state index in [1.165, 1.54) is 36.2 Å². The minimum absolute atomic E-state index is 0.00906. The number of benzene rings is 2. The van der Waals surface area contributed by atoms with Crippen molar-refractivity contribution >= 4 is 27.7 Å². The summed E-state index contributed by atoms with van der Waals surface area (Å²) in [4.78, 5) is 31.0. The summed E-state index contributed by atoms with van der Waals surface area (Å²) in [6.07, 6.45) is 8.16. The molecule has 1 saturated carbocycles. The van der Waals surface area contributed by atoms with E-state index < -0.39 is 0 Å². The Morgan fingerprint density at radius 3 is 2.37 bits per heavy atom. The molecule has 0 spiro atoms. The third kappa shape index (κ3) is 7.13. The van der Waals surface area contributed by atoms with E-state index in [4.69, 9.17) is 0 Å². The Kier molecular flexibility index (Phi) is 9.78. The number of halogens is 2. The minimum Gasteiger partial charge on any atom is -0.345 e. The lowest BCUT2D eigenvalue weighted by molar-refractivity contribution is -0.136. The van der Waals surface area contributed by atoms with E-state index in [1.54, 1.807) is 4.90 Å². The van der Waals surface area contributed by atoms with Crippen molar-refractivity contribution in [2.75, 3.05) is 6.54 Å². The van der Waals surface area contributed by atoms with E-state index in [0.29, 0.717) is 12.1 Å². The molecule has 1 heterocycles. The number of rotatable bonds is 10. The molecule has 4 rings (SSSR count). The summed E-state index contributed by atoms with van der Waals surface area (Å²) in [5.41, 5.74) is 2.66. The van der Waals surface area contributed by atoms with Gasteiger partial charge in [-0.2, -0.15) is 0 Å². The Morgan fingerprint density at radius 2 is 1.71 bits per heavy atom. The largest absolute Gasteiger partial charge is 0.345 e. The van der Waals surface area contributed by atoms with Crippen LogP contribution in [0, 0.1) is 5.82 Å². The summed E-state index contributed by atoms with van der Waals surface area (Å²) in [5.74, 6) is -0.665. The van der Waals surface area contributed by atoms with E-state index in [2.05, 4.69) is 44.9 Å². The number of carbonyl (C=O) groups is 2. The standard InChI is InChI=1S/C31H37BrFN3O2/c1-3-23(2)35(31(38)25-13-17-27(33)18-14-25)22-30(37)36(28-8-5-4-6-9-28)21-29-10-7-19-34(29)20-24-11-15-26(32)16-12-24/h7,10-19,23,28H,3-6,8-9,20-22H2,1-2H3/t23-/m0/s1. The van der Waals surface area contributed by atoms with Crippen LogP contribution < -0.4 is 0 Å². The van der Waals surface area contributed by atoms with Crippen LogP contribution >= 0.6 is 15.9 Å². The van der Waals surface area contributed by atoms with E-state index >= 15 is 0 Å². The van der Waals surface area contributed by atoms with Crippen LogP contribution in [0.5, 0.6) is 0 Å². The number of amides is 2. The van der Waals surface area contributed by atoms with Gasteiger partial charge in [-0.1, -0.05) is 54.2 Å². The first-order valence-electron chi connectivity index (χ1n) is 13.6. The minimum atomic E-state index is -0.387. The Labute approximate surface area is 233 Å². The van der Waals surface area contributed by atoms with E-state index in [-0.39, 0.29) is 36.3 Å². The molecule has 5 nitrogen and oxygen atoms in total. The van der Waals surface area contributed by atoms with Gasteiger partial charge in [0.25, 0.3) is 5.91 Å². The molecule has 0 aliphatic heterocycles. The smallest absolute Gasteiger partial charge is 0.254 e. The zero-order valence-electron chi connectivity index (χ0n) is 22.3. The van der Waals surface area contributed by atoms with E-state index in [1.807, 2.05) is 36.9 Å². The molecule has 0 saturated heterocycles. The van der Waals surface area contributed by atoms with Crippen LogP contribution in [0.15, 0.2) is 71.3 Å². The van der Waals surface area contributed by atoms with Gasteiger partial charge in [0, 0.05) is 40.6 Å². The van der Waals surface area contributed by atoms with Crippen LogP contribution in [0.1, 0.15) is 74.0 Å². The third-order valence-electron chi connectivity index (χ3n) is 7.64. The van der Waals surface area contributed by atoms with Gasteiger partial charge in [0.05, 0.1) is 6.54 Å². The second-order valence-electron chi connectivity index (χ2n) is 10.3. The number of nitrogens with zero attached hydrogens (tertiary/aromatic N) is 3. The molecule has 2 amide bonds. The SMILES string of the molecule is CC[C@H](C)N(CC(=O)N(Cc1cccn1Cc1ccc(Br)cc1)C1CCCCC1)C(=O)c1ccc(F)cc1. The van der Waals surface area contributed by atoms with Gasteiger partial charge in [-0.3, -0.25) is 9.59 Å². The highest BCUT2D eigenvalue weighted by atomic mass is 79.9. The van der Waals surface area contributed by atoms with Crippen LogP contribution in [0.4, 0.5) is 4.39 Å². The molecule has 1 atom stereocenters. The Bertz CT molecular complexity index is 1200. The molecular weight excluding hydrogens is 545 g/mol. The first kappa shape index (κ1) is 28.1. The lowest BCUT2D eigenvalue weighted by atomic mass is 9.94. The number of aromatic nitrogens is 1. The van der Waals surface area contributed by atoms with Crippen molar-refractivity contribution in [3.8, 4) is 0 Å². The van der Waals surface area contributed by atoms with Crippen LogP contribution in [-0.2, 0) is 17.9 Å². The highest BCUT2D eigenvalue weighted by molar-refractivity contribution is 9.10. The summed E-state index contributed by atoms with van der Waals surface area (Å²) in [6.45, 7) is 5.21. The van der Waals surface area contributed by atoms with Crippen LogP contribution in [0.2, 0.25) is 0 Å². The summed E-state index contributed by atoms with van der Waals surface area (Å²) >= 11 is 3.50. The lowest BCUT2D eigenvalue weighted by Gasteiger charge is -2.37. The maximum atomic E-state index is 14.0. The van der Waals surface area contributed by atoms with Crippen LogP contribution in [-0.4, -0.2) is 44.8 Å². The molecule has 7 heteroatoms. The fourth-order valence-electron chi connectivity index (χ4n) is 5.16.